The second-order valence-electron chi connectivity index (χ2n) is 7.08. The molecule has 0 unspecified atom stereocenters. The SMILES string of the molecule is O=C(Cc1cccc2ccccc12)NN=Cc1cccc(OC(=O)c2ccc(Cl)cc2)c1. The second kappa shape index (κ2) is 9.90. The fraction of sp³-hybridized carbons (Fsp3) is 0.0385. The van der Waals surface area contributed by atoms with Crippen molar-refractivity contribution in [2.24, 2.45) is 5.10 Å². The monoisotopic (exact) mass is 442 g/mol. The molecule has 0 radical (unpaired) electrons. The molecule has 1 N–H and O–H groups in total. The maximum absolute atomic E-state index is 12.3. The summed E-state index contributed by atoms with van der Waals surface area (Å²) in [6, 6.07) is 27.1. The smallest absolute Gasteiger partial charge is 0.343 e. The number of esters is 1. The number of nitrogens with one attached hydrogen (secondary N) is 1. The van der Waals surface area contributed by atoms with Gasteiger partial charge in [-0.25, -0.2) is 10.2 Å². The number of hydrogen-bond donors (Lipinski definition) is 1. The number of ether oxygens (including phenoxy) is 1. The lowest BCUT2D eigenvalue weighted by atomic mass is 10.0. The predicted octanol–water partition coefficient (Wildman–Crippen LogP) is 5.41. The Bertz CT molecular complexity index is 1290. The van der Waals surface area contributed by atoms with Crippen molar-refractivity contribution in [3.05, 3.63) is 113 Å². The van der Waals surface area contributed by atoms with Crippen molar-refractivity contribution in [2.45, 2.75) is 6.42 Å². The molecule has 0 aliphatic carbocycles. The fourth-order valence-corrected chi connectivity index (χ4v) is 3.37. The topological polar surface area (TPSA) is 67.8 Å². The lowest BCUT2D eigenvalue weighted by Gasteiger charge is -2.06. The van der Waals surface area contributed by atoms with Crippen LogP contribution in [0.15, 0.2) is 96.1 Å². The zero-order chi connectivity index (χ0) is 22.3. The van der Waals surface area contributed by atoms with Crippen molar-refractivity contribution in [1.82, 2.24) is 5.43 Å². The van der Waals surface area contributed by atoms with Gasteiger partial charge in [-0.3, -0.25) is 4.79 Å². The summed E-state index contributed by atoms with van der Waals surface area (Å²) in [5.41, 5.74) is 4.56. The highest BCUT2D eigenvalue weighted by molar-refractivity contribution is 6.30. The minimum Gasteiger partial charge on any atom is -0.423 e. The number of hydrazone groups is 1. The van der Waals surface area contributed by atoms with Crippen molar-refractivity contribution >= 4 is 40.5 Å². The molecule has 4 aromatic carbocycles. The van der Waals surface area contributed by atoms with Crippen LogP contribution < -0.4 is 10.2 Å². The van der Waals surface area contributed by atoms with E-state index in [-0.39, 0.29) is 12.3 Å². The molecule has 0 spiro atoms. The van der Waals surface area contributed by atoms with Gasteiger partial charge in [0.2, 0.25) is 5.91 Å². The molecule has 0 heterocycles. The normalized spacial score (nSPS) is 10.9. The van der Waals surface area contributed by atoms with Crippen molar-refractivity contribution in [3.63, 3.8) is 0 Å². The van der Waals surface area contributed by atoms with E-state index < -0.39 is 5.97 Å². The molecule has 0 aliphatic rings. The Kier molecular flexibility index (Phi) is 6.58. The number of carbonyl (C=O) groups is 2. The highest BCUT2D eigenvalue weighted by Gasteiger charge is 2.09. The maximum atomic E-state index is 12.3. The lowest BCUT2D eigenvalue weighted by molar-refractivity contribution is -0.120. The summed E-state index contributed by atoms with van der Waals surface area (Å²) in [5, 5.41) is 6.70. The first-order valence-electron chi connectivity index (χ1n) is 9.95. The van der Waals surface area contributed by atoms with Gasteiger partial charge in [-0.1, -0.05) is 66.2 Å². The first-order valence-corrected chi connectivity index (χ1v) is 10.3. The number of benzene rings is 4. The first kappa shape index (κ1) is 21.3. The van der Waals surface area contributed by atoms with Gasteiger partial charge in [-0.05, 0) is 58.3 Å². The number of hydrogen-bond acceptors (Lipinski definition) is 4. The van der Waals surface area contributed by atoms with E-state index in [2.05, 4.69) is 10.5 Å². The molecule has 0 bridgehead atoms. The van der Waals surface area contributed by atoms with E-state index in [4.69, 9.17) is 16.3 Å². The van der Waals surface area contributed by atoms with Crippen LogP contribution >= 0.6 is 11.6 Å². The van der Waals surface area contributed by atoms with Crippen LogP contribution in [0.1, 0.15) is 21.5 Å². The summed E-state index contributed by atoms with van der Waals surface area (Å²) < 4.78 is 5.40. The lowest BCUT2D eigenvalue weighted by Crippen LogP contribution is -2.19. The molecule has 0 aromatic heterocycles. The molecule has 4 aromatic rings. The van der Waals surface area contributed by atoms with E-state index in [1.54, 1.807) is 48.5 Å². The summed E-state index contributed by atoms with van der Waals surface area (Å²) in [4.78, 5) is 24.6. The van der Waals surface area contributed by atoms with Gasteiger partial charge in [-0.2, -0.15) is 5.10 Å². The van der Waals surface area contributed by atoms with Gasteiger partial charge in [0.05, 0.1) is 18.2 Å². The standard InChI is InChI=1S/C26H19ClN2O3/c27-22-13-11-20(12-14-22)26(31)32-23-9-3-5-18(15-23)17-28-29-25(30)16-21-8-4-7-19-6-1-2-10-24(19)21/h1-15,17H,16H2,(H,29,30). The average molecular weight is 443 g/mol. The fourth-order valence-electron chi connectivity index (χ4n) is 3.25. The molecular weight excluding hydrogens is 424 g/mol. The van der Waals surface area contributed by atoms with Crippen molar-refractivity contribution in [2.75, 3.05) is 0 Å². The van der Waals surface area contributed by atoms with Crippen LogP contribution in [-0.2, 0) is 11.2 Å². The average Bonchev–Trinajstić information content (AvgIpc) is 2.80. The zero-order valence-electron chi connectivity index (χ0n) is 17.0. The molecule has 0 saturated heterocycles. The third-order valence-corrected chi connectivity index (χ3v) is 5.03. The number of fused-ring (bicyclic) bond motifs is 1. The summed E-state index contributed by atoms with van der Waals surface area (Å²) >= 11 is 5.84. The van der Waals surface area contributed by atoms with Gasteiger partial charge in [0.25, 0.3) is 0 Å². The predicted molar refractivity (Wildman–Crippen MR) is 126 cm³/mol. The first-order chi connectivity index (χ1) is 15.6. The zero-order valence-corrected chi connectivity index (χ0v) is 17.8. The van der Waals surface area contributed by atoms with Gasteiger partial charge in [0.1, 0.15) is 5.75 Å². The molecule has 1 amide bonds. The Labute approximate surface area is 190 Å². The minimum atomic E-state index is -0.487. The van der Waals surface area contributed by atoms with Crippen molar-refractivity contribution < 1.29 is 14.3 Å². The van der Waals surface area contributed by atoms with Crippen LogP contribution in [0.3, 0.4) is 0 Å². The Hall–Kier alpha value is -3.96. The summed E-state index contributed by atoms with van der Waals surface area (Å²) in [6.45, 7) is 0. The molecule has 6 heteroatoms. The Morgan fingerprint density at radius 1 is 0.906 bits per heavy atom. The Balaban J connectivity index is 1.36. The number of carbonyl (C=O) groups excluding carboxylic acids is 2. The molecule has 5 nitrogen and oxygen atoms in total. The van der Waals surface area contributed by atoms with E-state index in [9.17, 15) is 9.59 Å². The van der Waals surface area contributed by atoms with E-state index in [0.29, 0.717) is 21.9 Å². The second-order valence-corrected chi connectivity index (χ2v) is 7.51. The van der Waals surface area contributed by atoms with Gasteiger partial charge in [-0.15, -0.1) is 0 Å². The van der Waals surface area contributed by atoms with Crippen LogP contribution in [0, 0.1) is 0 Å². The van der Waals surface area contributed by atoms with Crippen LogP contribution in [-0.4, -0.2) is 18.1 Å². The van der Waals surface area contributed by atoms with Gasteiger partial charge in [0.15, 0.2) is 0 Å². The van der Waals surface area contributed by atoms with Gasteiger partial charge < -0.3 is 4.74 Å². The molecular formula is C26H19ClN2O3. The van der Waals surface area contributed by atoms with E-state index >= 15 is 0 Å². The third kappa shape index (κ3) is 5.39. The van der Waals surface area contributed by atoms with Gasteiger partial charge >= 0.3 is 5.97 Å². The Morgan fingerprint density at radius 3 is 2.50 bits per heavy atom. The quantitative estimate of drug-likeness (QED) is 0.188. The van der Waals surface area contributed by atoms with E-state index in [1.165, 1.54) is 6.21 Å². The molecule has 0 saturated carbocycles. The largest absolute Gasteiger partial charge is 0.423 e. The molecule has 4 rings (SSSR count). The number of nitrogens with zero attached hydrogens (tertiary/aromatic N) is 1. The number of amides is 1. The van der Waals surface area contributed by atoms with Crippen LogP contribution in [0.4, 0.5) is 0 Å². The van der Waals surface area contributed by atoms with Crippen LogP contribution in [0.25, 0.3) is 10.8 Å². The van der Waals surface area contributed by atoms with Crippen LogP contribution in [0.2, 0.25) is 5.02 Å². The van der Waals surface area contributed by atoms with Crippen LogP contribution in [0.5, 0.6) is 5.75 Å². The summed E-state index contributed by atoms with van der Waals surface area (Å²) in [7, 11) is 0. The summed E-state index contributed by atoms with van der Waals surface area (Å²) in [6.07, 6.45) is 1.72. The minimum absolute atomic E-state index is 0.220. The summed E-state index contributed by atoms with van der Waals surface area (Å²) in [5.74, 6) is -0.335. The third-order valence-electron chi connectivity index (χ3n) is 4.78. The molecule has 0 atom stereocenters. The number of halogens is 1. The van der Waals surface area contributed by atoms with Gasteiger partial charge in [0, 0.05) is 5.02 Å². The highest BCUT2D eigenvalue weighted by atomic mass is 35.5. The molecule has 32 heavy (non-hydrogen) atoms. The molecule has 158 valence electrons. The van der Waals surface area contributed by atoms with Crippen molar-refractivity contribution in [3.8, 4) is 5.75 Å². The Morgan fingerprint density at radius 2 is 1.66 bits per heavy atom. The van der Waals surface area contributed by atoms with E-state index in [1.807, 2.05) is 42.5 Å². The molecule has 0 aliphatic heterocycles. The molecule has 0 fully saturated rings. The number of rotatable bonds is 6. The highest BCUT2D eigenvalue weighted by Crippen LogP contribution is 2.19. The van der Waals surface area contributed by atoms with Crippen molar-refractivity contribution in [1.29, 1.82) is 0 Å². The van der Waals surface area contributed by atoms with E-state index in [0.717, 1.165) is 16.3 Å². The maximum Gasteiger partial charge on any atom is 0.343 e.